The lowest BCUT2D eigenvalue weighted by Crippen LogP contribution is -2.36. The number of aromatic nitrogens is 2. The third kappa shape index (κ3) is 2.75. The van der Waals surface area contributed by atoms with Crippen LogP contribution in [0, 0.1) is 5.92 Å². The average molecular weight is 278 g/mol. The molecule has 1 aliphatic rings. The van der Waals surface area contributed by atoms with Crippen LogP contribution in [0.25, 0.3) is 0 Å². The molecule has 2 rings (SSSR count). The lowest BCUT2D eigenvalue weighted by molar-refractivity contribution is -0.0836. The van der Waals surface area contributed by atoms with Crippen LogP contribution in [0.1, 0.15) is 55.7 Å². The Morgan fingerprint density at radius 3 is 2.65 bits per heavy atom. The van der Waals surface area contributed by atoms with E-state index < -0.39 is 11.5 Å². The van der Waals surface area contributed by atoms with Gasteiger partial charge in [-0.25, -0.2) is 9.97 Å². The Labute approximate surface area is 118 Å². The molecule has 0 aliphatic heterocycles. The fourth-order valence-electron chi connectivity index (χ4n) is 2.74. The second-order valence-electron chi connectivity index (χ2n) is 5.47. The van der Waals surface area contributed by atoms with Crippen molar-refractivity contribution in [3.63, 3.8) is 0 Å². The van der Waals surface area contributed by atoms with Crippen LogP contribution in [0.3, 0.4) is 0 Å². The normalized spacial score (nSPS) is 26.4. The molecule has 4 N–H and O–H groups in total. The van der Waals surface area contributed by atoms with Crippen molar-refractivity contribution >= 4 is 11.7 Å². The van der Waals surface area contributed by atoms with Gasteiger partial charge in [0.15, 0.2) is 5.82 Å². The molecular formula is C14H22N4O2. The summed E-state index contributed by atoms with van der Waals surface area (Å²) in [5.74, 6) is 0.761. The summed E-state index contributed by atoms with van der Waals surface area (Å²) < 4.78 is 5.96. The molecule has 0 aromatic carbocycles. The van der Waals surface area contributed by atoms with Gasteiger partial charge in [0.2, 0.25) is 0 Å². The molecule has 0 bridgehead atoms. The summed E-state index contributed by atoms with van der Waals surface area (Å²) in [6.07, 6.45) is 5.29. The Bertz CT molecular complexity index is 496. The van der Waals surface area contributed by atoms with Gasteiger partial charge < -0.3 is 16.2 Å². The van der Waals surface area contributed by atoms with Gasteiger partial charge in [0, 0.05) is 12.8 Å². The number of anilines is 1. The molecule has 6 heteroatoms. The van der Waals surface area contributed by atoms with Crippen molar-refractivity contribution < 1.29 is 9.53 Å². The van der Waals surface area contributed by atoms with E-state index >= 15 is 0 Å². The third-order valence-electron chi connectivity index (χ3n) is 3.99. The van der Waals surface area contributed by atoms with Crippen molar-refractivity contribution in [1.29, 1.82) is 0 Å². The number of nitrogens with zero attached hydrogens (tertiary/aromatic N) is 2. The molecule has 1 saturated carbocycles. The van der Waals surface area contributed by atoms with Gasteiger partial charge in [0.1, 0.15) is 11.4 Å². The zero-order valence-electron chi connectivity index (χ0n) is 12.1. The topological polar surface area (TPSA) is 104 Å². The summed E-state index contributed by atoms with van der Waals surface area (Å²) in [6.45, 7) is 4.79. The highest BCUT2D eigenvalue weighted by atomic mass is 16.5. The number of carbonyl (C=O) groups is 1. The highest BCUT2D eigenvalue weighted by Crippen LogP contribution is 2.41. The molecule has 1 heterocycles. The first kappa shape index (κ1) is 14.7. The van der Waals surface area contributed by atoms with Crippen LogP contribution in [-0.4, -0.2) is 22.5 Å². The van der Waals surface area contributed by atoms with Crippen molar-refractivity contribution in [2.24, 2.45) is 11.7 Å². The molecule has 1 fully saturated rings. The predicted molar refractivity (Wildman–Crippen MR) is 75.9 cm³/mol. The van der Waals surface area contributed by atoms with E-state index in [-0.39, 0.29) is 11.4 Å². The summed E-state index contributed by atoms with van der Waals surface area (Å²) in [4.78, 5) is 19.7. The lowest BCUT2D eigenvalue weighted by atomic mass is 9.79. The SMILES string of the molecule is CCOC1(c2ncc(C(N)=O)c(N)n2)CCC(C)CC1. The number of nitrogens with two attached hydrogens (primary N) is 2. The number of nitrogen functional groups attached to an aromatic ring is 1. The van der Waals surface area contributed by atoms with Crippen molar-refractivity contribution in [3.8, 4) is 0 Å². The van der Waals surface area contributed by atoms with Gasteiger partial charge in [-0.2, -0.15) is 0 Å². The fourth-order valence-corrected chi connectivity index (χ4v) is 2.74. The predicted octanol–water partition coefficient (Wildman–Crippen LogP) is 1.60. The van der Waals surface area contributed by atoms with Crippen LogP contribution >= 0.6 is 0 Å². The minimum absolute atomic E-state index is 0.125. The second-order valence-corrected chi connectivity index (χ2v) is 5.47. The van der Waals surface area contributed by atoms with E-state index in [4.69, 9.17) is 16.2 Å². The largest absolute Gasteiger partial charge is 0.383 e. The summed E-state index contributed by atoms with van der Waals surface area (Å²) in [7, 11) is 0. The first-order valence-corrected chi connectivity index (χ1v) is 7.05. The van der Waals surface area contributed by atoms with E-state index in [1.165, 1.54) is 6.20 Å². The Kier molecular flexibility index (Phi) is 4.23. The Hall–Kier alpha value is -1.69. The zero-order chi connectivity index (χ0) is 14.8. The maximum Gasteiger partial charge on any atom is 0.254 e. The minimum atomic E-state index is -0.614. The first-order chi connectivity index (χ1) is 9.48. The molecule has 1 aromatic rings. The Morgan fingerprint density at radius 2 is 2.15 bits per heavy atom. The number of primary amides is 1. The molecule has 0 atom stereocenters. The van der Waals surface area contributed by atoms with Crippen LogP contribution in [-0.2, 0) is 10.3 Å². The van der Waals surface area contributed by atoms with Crippen molar-refractivity contribution in [2.75, 3.05) is 12.3 Å². The summed E-state index contributed by atoms with van der Waals surface area (Å²) in [5.41, 5.74) is 10.7. The highest BCUT2D eigenvalue weighted by molar-refractivity contribution is 5.96. The quantitative estimate of drug-likeness (QED) is 0.870. The van der Waals surface area contributed by atoms with Crippen LogP contribution in [0.5, 0.6) is 0 Å². The minimum Gasteiger partial charge on any atom is -0.383 e. The van der Waals surface area contributed by atoms with E-state index in [9.17, 15) is 4.79 Å². The van der Waals surface area contributed by atoms with Crippen molar-refractivity contribution in [1.82, 2.24) is 9.97 Å². The zero-order valence-corrected chi connectivity index (χ0v) is 12.1. The maximum absolute atomic E-state index is 11.2. The van der Waals surface area contributed by atoms with Crippen LogP contribution in [0.15, 0.2) is 6.20 Å². The Balaban J connectivity index is 2.35. The lowest BCUT2D eigenvalue weighted by Gasteiger charge is -2.37. The molecule has 110 valence electrons. The van der Waals surface area contributed by atoms with Gasteiger partial charge in [-0.15, -0.1) is 0 Å². The van der Waals surface area contributed by atoms with Crippen LogP contribution in [0.2, 0.25) is 0 Å². The van der Waals surface area contributed by atoms with E-state index in [1.807, 2.05) is 6.92 Å². The van der Waals surface area contributed by atoms with Gasteiger partial charge in [0.25, 0.3) is 5.91 Å². The fraction of sp³-hybridized carbons (Fsp3) is 0.643. The molecule has 6 nitrogen and oxygen atoms in total. The second kappa shape index (κ2) is 5.75. The molecule has 0 unspecified atom stereocenters. The van der Waals surface area contributed by atoms with Gasteiger partial charge in [-0.3, -0.25) is 4.79 Å². The third-order valence-corrected chi connectivity index (χ3v) is 3.99. The van der Waals surface area contributed by atoms with Crippen molar-refractivity contribution in [2.45, 2.75) is 45.1 Å². The van der Waals surface area contributed by atoms with Gasteiger partial charge >= 0.3 is 0 Å². The molecule has 1 amide bonds. The number of amides is 1. The standard InChI is InChI=1S/C14H22N4O2/c1-3-20-14(6-4-9(2)5-7-14)13-17-8-10(12(16)19)11(15)18-13/h8-9H,3-7H2,1-2H3,(H2,16,19)(H2,15,17,18). The number of hydrogen-bond acceptors (Lipinski definition) is 5. The van der Waals surface area contributed by atoms with E-state index in [1.54, 1.807) is 0 Å². The highest BCUT2D eigenvalue weighted by Gasteiger charge is 2.39. The number of hydrogen-bond donors (Lipinski definition) is 2. The van der Waals surface area contributed by atoms with Crippen LogP contribution in [0.4, 0.5) is 5.82 Å². The molecule has 20 heavy (non-hydrogen) atoms. The van der Waals surface area contributed by atoms with Crippen LogP contribution < -0.4 is 11.5 Å². The van der Waals surface area contributed by atoms with E-state index in [0.717, 1.165) is 25.7 Å². The first-order valence-electron chi connectivity index (χ1n) is 7.05. The summed E-state index contributed by atoms with van der Waals surface area (Å²) >= 11 is 0. The molecule has 0 radical (unpaired) electrons. The number of rotatable bonds is 4. The average Bonchev–Trinajstić information content (AvgIpc) is 2.41. The molecule has 0 spiro atoms. The summed E-state index contributed by atoms with van der Waals surface area (Å²) in [6, 6.07) is 0. The van der Waals surface area contributed by atoms with E-state index in [2.05, 4.69) is 16.9 Å². The summed E-state index contributed by atoms with van der Waals surface area (Å²) in [5, 5.41) is 0. The molecule has 1 aromatic heterocycles. The number of ether oxygens (including phenoxy) is 1. The van der Waals surface area contributed by atoms with Gasteiger partial charge in [-0.05, 0) is 38.5 Å². The molecule has 0 saturated heterocycles. The van der Waals surface area contributed by atoms with Gasteiger partial charge in [0.05, 0.1) is 5.56 Å². The number of carbonyl (C=O) groups excluding carboxylic acids is 1. The van der Waals surface area contributed by atoms with Gasteiger partial charge in [-0.1, -0.05) is 6.92 Å². The monoisotopic (exact) mass is 278 g/mol. The van der Waals surface area contributed by atoms with Crippen molar-refractivity contribution in [3.05, 3.63) is 17.6 Å². The maximum atomic E-state index is 11.2. The van der Waals surface area contributed by atoms with E-state index in [0.29, 0.717) is 18.3 Å². The molecular weight excluding hydrogens is 256 g/mol. The Morgan fingerprint density at radius 1 is 1.50 bits per heavy atom. The smallest absolute Gasteiger partial charge is 0.254 e. The molecule has 1 aliphatic carbocycles.